The average molecular weight is 182 g/mol. The second-order valence-corrected chi connectivity index (χ2v) is 4.61. The molecule has 2 aliphatic carbocycles. The Morgan fingerprint density at radius 3 is 2.46 bits per heavy atom. The first-order valence-corrected chi connectivity index (χ1v) is 5.75. The van der Waals surface area contributed by atoms with Gasteiger partial charge in [-0.3, -0.25) is 0 Å². The summed E-state index contributed by atoms with van der Waals surface area (Å²) in [6, 6.07) is 1.83. The molecule has 2 rings (SSSR count). The molecule has 1 N–H and O–H groups in total. The van der Waals surface area contributed by atoms with E-state index >= 15 is 0 Å². The molecule has 2 atom stereocenters. The molecular formula is C11H22N2. The van der Waals surface area contributed by atoms with E-state index in [0.717, 1.165) is 24.5 Å². The maximum atomic E-state index is 3.47. The van der Waals surface area contributed by atoms with Crippen LogP contribution in [0, 0.1) is 5.92 Å². The molecule has 0 radical (unpaired) electrons. The van der Waals surface area contributed by atoms with Gasteiger partial charge in [-0.25, -0.2) is 0 Å². The van der Waals surface area contributed by atoms with Gasteiger partial charge in [0.2, 0.25) is 0 Å². The zero-order valence-electron chi connectivity index (χ0n) is 8.92. The zero-order valence-corrected chi connectivity index (χ0v) is 8.92. The molecule has 0 spiro atoms. The molecule has 0 saturated heterocycles. The van der Waals surface area contributed by atoms with Crippen molar-refractivity contribution in [3.63, 3.8) is 0 Å². The summed E-state index contributed by atoms with van der Waals surface area (Å²) in [6.07, 6.45) is 5.76. The second-order valence-electron chi connectivity index (χ2n) is 4.61. The minimum atomic E-state index is 0.895. The van der Waals surface area contributed by atoms with Gasteiger partial charge < -0.3 is 10.2 Å². The van der Waals surface area contributed by atoms with Crippen LogP contribution in [0.25, 0.3) is 0 Å². The Kier molecular flexibility index (Phi) is 2.89. The number of hydrogen-bond acceptors (Lipinski definition) is 2. The Balaban J connectivity index is 1.73. The van der Waals surface area contributed by atoms with Crippen LogP contribution in [0.5, 0.6) is 0 Å². The minimum Gasteiger partial charge on any atom is -0.317 e. The number of nitrogens with zero attached hydrogens (tertiary/aromatic N) is 1. The summed E-state index contributed by atoms with van der Waals surface area (Å²) < 4.78 is 0. The molecule has 2 fully saturated rings. The smallest absolute Gasteiger partial charge is 0.0136 e. The molecule has 0 aliphatic heterocycles. The van der Waals surface area contributed by atoms with Crippen molar-refractivity contribution in [1.29, 1.82) is 0 Å². The van der Waals surface area contributed by atoms with Crippen LogP contribution >= 0.6 is 0 Å². The van der Waals surface area contributed by atoms with E-state index in [1.165, 1.54) is 32.2 Å². The van der Waals surface area contributed by atoms with Crippen LogP contribution < -0.4 is 5.32 Å². The standard InChI is InChI=1S/C11H22N2/c1-3-12-8-9-4-7-11(9)13(2)10-5-6-10/h9-12H,3-8H2,1-2H3. The van der Waals surface area contributed by atoms with Crippen molar-refractivity contribution in [1.82, 2.24) is 10.2 Å². The van der Waals surface area contributed by atoms with Crippen molar-refractivity contribution in [2.75, 3.05) is 20.1 Å². The first-order valence-electron chi connectivity index (χ1n) is 5.75. The van der Waals surface area contributed by atoms with E-state index in [1.54, 1.807) is 0 Å². The topological polar surface area (TPSA) is 15.3 Å². The Labute approximate surface area is 81.7 Å². The summed E-state index contributed by atoms with van der Waals surface area (Å²) in [5.41, 5.74) is 0. The number of nitrogens with one attached hydrogen (secondary N) is 1. The molecule has 0 bridgehead atoms. The van der Waals surface area contributed by atoms with Crippen molar-refractivity contribution in [2.45, 2.75) is 44.7 Å². The molecule has 0 amide bonds. The van der Waals surface area contributed by atoms with Crippen molar-refractivity contribution < 1.29 is 0 Å². The molecule has 2 saturated carbocycles. The van der Waals surface area contributed by atoms with Crippen LogP contribution in [0.1, 0.15) is 32.6 Å². The van der Waals surface area contributed by atoms with E-state index in [-0.39, 0.29) is 0 Å². The van der Waals surface area contributed by atoms with Gasteiger partial charge in [-0.15, -0.1) is 0 Å². The van der Waals surface area contributed by atoms with Gasteiger partial charge in [0.1, 0.15) is 0 Å². The number of hydrogen-bond donors (Lipinski definition) is 1. The first kappa shape index (κ1) is 9.47. The van der Waals surface area contributed by atoms with Gasteiger partial charge in [-0.1, -0.05) is 6.92 Å². The van der Waals surface area contributed by atoms with Gasteiger partial charge in [0.05, 0.1) is 0 Å². The van der Waals surface area contributed by atoms with E-state index in [1.807, 2.05) is 0 Å². The predicted octanol–water partition coefficient (Wildman–Crippen LogP) is 1.47. The summed E-state index contributed by atoms with van der Waals surface area (Å²) >= 11 is 0. The lowest BCUT2D eigenvalue weighted by Gasteiger charge is -2.43. The summed E-state index contributed by atoms with van der Waals surface area (Å²) in [5, 5.41) is 3.47. The van der Waals surface area contributed by atoms with Gasteiger partial charge in [-0.2, -0.15) is 0 Å². The third-order valence-electron chi connectivity index (χ3n) is 3.68. The van der Waals surface area contributed by atoms with Gasteiger partial charge in [0, 0.05) is 12.1 Å². The van der Waals surface area contributed by atoms with Crippen molar-refractivity contribution in [2.24, 2.45) is 5.92 Å². The SMILES string of the molecule is CCNCC1CCC1N(C)C1CC1. The highest BCUT2D eigenvalue weighted by Gasteiger charge is 2.39. The molecule has 2 heteroatoms. The van der Waals surface area contributed by atoms with Crippen LogP contribution in [0.15, 0.2) is 0 Å². The van der Waals surface area contributed by atoms with Crippen LogP contribution in [0.4, 0.5) is 0 Å². The van der Waals surface area contributed by atoms with E-state index in [0.29, 0.717) is 0 Å². The second kappa shape index (κ2) is 3.97. The maximum Gasteiger partial charge on any atom is 0.0136 e. The van der Waals surface area contributed by atoms with E-state index < -0.39 is 0 Å². The quantitative estimate of drug-likeness (QED) is 0.692. The largest absolute Gasteiger partial charge is 0.317 e. The molecule has 76 valence electrons. The van der Waals surface area contributed by atoms with Gasteiger partial charge in [-0.05, 0) is 51.7 Å². The lowest BCUT2D eigenvalue weighted by Crippen LogP contribution is -2.49. The molecule has 2 aliphatic rings. The normalized spacial score (nSPS) is 33.5. The van der Waals surface area contributed by atoms with E-state index in [2.05, 4.69) is 24.2 Å². The van der Waals surface area contributed by atoms with Gasteiger partial charge >= 0.3 is 0 Å². The molecule has 0 aromatic carbocycles. The third kappa shape index (κ3) is 2.05. The fourth-order valence-corrected chi connectivity index (χ4v) is 2.41. The Morgan fingerprint density at radius 1 is 1.23 bits per heavy atom. The lowest BCUT2D eigenvalue weighted by molar-refractivity contribution is 0.0780. The van der Waals surface area contributed by atoms with E-state index in [9.17, 15) is 0 Å². The van der Waals surface area contributed by atoms with Crippen LogP contribution in [-0.2, 0) is 0 Å². The van der Waals surface area contributed by atoms with Crippen LogP contribution in [0.3, 0.4) is 0 Å². The summed E-state index contributed by atoms with van der Waals surface area (Å²) in [5.74, 6) is 0.936. The highest BCUT2D eigenvalue weighted by atomic mass is 15.2. The third-order valence-corrected chi connectivity index (χ3v) is 3.68. The highest BCUT2D eigenvalue weighted by molar-refractivity contribution is 4.95. The van der Waals surface area contributed by atoms with Crippen LogP contribution in [-0.4, -0.2) is 37.1 Å². The predicted molar refractivity (Wildman–Crippen MR) is 55.8 cm³/mol. The summed E-state index contributed by atoms with van der Waals surface area (Å²) in [6.45, 7) is 4.55. The number of rotatable bonds is 5. The monoisotopic (exact) mass is 182 g/mol. The maximum absolute atomic E-state index is 3.47. The zero-order chi connectivity index (χ0) is 9.26. The molecule has 0 aromatic heterocycles. The molecular weight excluding hydrogens is 160 g/mol. The fourth-order valence-electron chi connectivity index (χ4n) is 2.41. The molecule has 13 heavy (non-hydrogen) atoms. The van der Waals surface area contributed by atoms with Crippen molar-refractivity contribution in [3.05, 3.63) is 0 Å². The van der Waals surface area contributed by atoms with Crippen molar-refractivity contribution >= 4 is 0 Å². The van der Waals surface area contributed by atoms with E-state index in [4.69, 9.17) is 0 Å². The Hall–Kier alpha value is -0.0800. The molecule has 2 nitrogen and oxygen atoms in total. The Morgan fingerprint density at radius 2 is 2.00 bits per heavy atom. The minimum absolute atomic E-state index is 0.895. The Bertz CT molecular complexity index is 165. The van der Waals surface area contributed by atoms with Crippen LogP contribution in [0.2, 0.25) is 0 Å². The molecule has 2 unspecified atom stereocenters. The first-order chi connectivity index (χ1) is 6.33. The molecule has 0 heterocycles. The average Bonchev–Trinajstić information content (AvgIpc) is 2.85. The highest BCUT2D eigenvalue weighted by Crippen LogP contribution is 2.37. The van der Waals surface area contributed by atoms with Crippen molar-refractivity contribution in [3.8, 4) is 0 Å². The summed E-state index contributed by atoms with van der Waals surface area (Å²) in [4.78, 5) is 2.63. The van der Waals surface area contributed by atoms with Gasteiger partial charge in [0.15, 0.2) is 0 Å². The van der Waals surface area contributed by atoms with Gasteiger partial charge in [0.25, 0.3) is 0 Å². The lowest BCUT2D eigenvalue weighted by atomic mass is 9.78. The summed E-state index contributed by atoms with van der Waals surface area (Å²) in [7, 11) is 2.32. The fraction of sp³-hybridized carbons (Fsp3) is 1.00. The molecule has 0 aromatic rings.